The van der Waals surface area contributed by atoms with E-state index in [1.54, 1.807) is 7.11 Å². The van der Waals surface area contributed by atoms with E-state index in [1.807, 2.05) is 29.2 Å². The molecule has 2 aromatic carbocycles. The van der Waals surface area contributed by atoms with Gasteiger partial charge in [-0.05, 0) is 37.5 Å². The normalized spacial score (nSPS) is 17.4. The lowest BCUT2D eigenvalue weighted by atomic mass is 10.1. The molecule has 0 spiro atoms. The Morgan fingerprint density at radius 3 is 2.68 bits per heavy atom. The predicted octanol–water partition coefficient (Wildman–Crippen LogP) is 3.83. The number of carbonyl (C=O) groups excluding carboxylic acids is 1. The molecule has 25 heavy (non-hydrogen) atoms. The van der Waals surface area contributed by atoms with Gasteiger partial charge in [0, 0.05) is 13.1 Å². The highest BCUT2D eigenvalue weighted by atomic mass is 16.5. The Labute approximate surface area is 149 Å². The number of hydrogen-bond donors (Lipinski definition) is 0. The van der Waals surface area contributed by atoms with Crippen molar-refractivity contribution in [1.82, 2.24) is 4.90 Å². The third kappa shape index (κ3) is 4.40. The first-order chi connectivity index (χ1) is 12.2. The van der Waals surface area contributed by atoms with Crippen LogP contribution in [0, 0.1) is 6.92 Å². The van der Waals surface area contributed by atoms with E-state index in [0.29, 0.717) is 24.5 Å². The van der Waals surface area contributed by atoms with Crippen LogP contribution in [-0.2, 0) is 11.3 Å². The number of likely N-dealkylation sites (tertiary alicyclic amines) is 1. The first-order valence-electron chi connectivity index (χ1n) is 8.77. The highest BCUT2D eigenvalue weighted by Gasteiger charge is 2.26. The number of piperidine rings is 1. The Bertz CT molecular complexity index is 711. The molecule has 3 rings (SSSR count). The van der Waals surface area contributed by atoms with Gasteiger partial charge in [-0.1, -0.05) is 42.0 Å². The molecule has 4 nitrogen and oxygen atoms in total. The average molecular weight is 339 g/mol. The Kier molecular flexibility index (Phi) is 5.71. The van der Waals surface area contributed by atoms with Crippen LogP contribution in [0.3, 0.4) is 0 Å². The van der Waals surface area contributed by atoms with Gasteiger partial charge in [0.15, 0.2) is 0 Å². The maximum Gasteiger partial charge on any atom is 0.257 e. The predicted molar refractivity (Wildman–Crippen MR) is 97.9 cm³/mol. The van der Waals surface area contributed by atoms with E-state index < -0.39 is 0 Å². The van der Waals surface area contributed by atoms with Crippen molar-refractivity contribution < 1.29 is 14.3 Å². The Morgan fingerprint density at radius 1 is 1.16 bits per heavy atom. The van der Waals surface area contributed by atoms with Crippen LogP contribution in [0.15, 0.2) is 48.5 Å². The molecule has 4 heteroatoms. The van der Waals surface area contributed by atoms with Gasteiger partial charge in [-0.3, -0.25) is 4.79 Å². The molecule has 0 bridgehead atoms. The number of benzene rings is 2. The van der Waals surface area contributed by atoms with E-state index in [-0.39, 0.29) is 12.0 Å². The van der Waals surface area contributed by atoms with Gasteiger partial charge in [-0.15, -0.1) is 0 Å². The highest BCUT2D eigenvalue weighted by molar-refractivity contribution is 5.97. The molecule has 1 amide bonds. The topological polar surface area (TPSA) is 38.8 Å². The fourth-order valence-electron chi connectivity index (χ4n) is 3.15. The largest absolute Gasteiger partial charge is 0.496 e. The molecule has 0 saturated carbocycles. The number of methoxy groups -OCH3 is 1. The fourth-order valence-corrected chi connectivity index (χ4v) is 3.15. The van der Waals surface area contributed by atoms with Gasteiger partial charge in [0.05, 0.1) is 25.4 Å². The van der Waals surface area contributed by atoms with Gasteiger partial charge in [0.25, 0.3) is 5.91 Å². The Balaban J connectivity index is 1.60. The Hall–Kier alpha value is -2.33. The van der Waals surface area contributed by atoms with E-state index >= 15 is 0 Å². The van der Waals surface area contributed by atoms with Crippen LogP contribution >= 0.6 is 0 Å². The second-order valence-corrected chi connectivity index (χ2v) is 6.51. The number of ether oxygens (including phenoxy) is 2. The van der Waals surface area contributed by atoms with Crippen LogP contribution in [0.2, 0.25) is 0 Å². The van der Waals surface area contributed by atoms with Crippen LogP contribution in [0.25, 0.3) is 0 Å². The van der Waals surface area contributed by atoms with Gasteiger partial charge in [-0.2, -0.15) is 0 Å². The number of hydrogen-bond acceptors (Lipinski definition) is 3. The minimum absolute atomic E-state index is 0.0149. The molecule has 1 unspecified atom stereocenters. The van der Waals surface area contributed by atoms with Crippen molar-refractivity contribution in [3.8, 4) is 5.75 Å². The molecular weight excluding hydrogens is 314 g/mol. The van der Waals surface area contributed by atoms with Gasteiger partial charge in [-0.25, -0.2) is 0 Å². The van der Waals surface area contributed by atoms with E-state index in [9.17, 15) is 4.79 Å². The Morgan fingerprint density at radius 2 is 1.92 bits per heavy atom. The van der Waals surface area contributed by atoms with Crippen molar-refractivity contribution in [2.75, 3.05) is 20.2 Å². The van der Waals surface area contributed by atoms with Crippen LogP contribution in [0.1, 0.15) is 34.3 Å². The first-order valence-corrected chi connectivity index (χ1v) is 8.77. The zero-order chi connectivity index (χ0) is 17.6. The summed E-state index contributed by atoms with van der Waals surface area (Å²) in [6.45, 7) is 4.05. The molecule has 1 atom stereocenters. The minimum Gasteiger partial charge on any atom is -0.496 e. The number of rotatable bonds is 5. The lowest BCUT2D eigenvalue weighted by molar-refractivity contribution is -0.00680. The molecular formula is C21H25NO3. The summed E-state index contributed by atoms with van der Waals surface area (Å²) in [7, 11) is 1.59. The molecule has 1 aliphatic heterocycles. The second-order valence-electron chi connectivity index (χ2n) is 6.51. The molecule has 1 aliphatic rings. The molecule has 1 saturated heterocycles. The monoisotopic (exact) mass is 339 g/mol. The fraction of sp³-hybridized carbons (Fsp3) is 0.381. The summed E-state index contributed by atoms with van der Waals surface area (Å²) in [5, 5.41) is 0. The first kappa shape index (κ1) is 17.5. The van der Waals surface area contributed by atoms with Gasteiger partial charge >= 0.3 is 0 Å². The maximum absolute atomic E-state index is 12.8. The number of nitrogens with zero attached hydrogens (tertiary/aromatic N) is 1. The average Bonchev–Trinajstić information content (AvgIpc) is 2.67. The second kappa shape index (κ2) is 8.17. The third-order valence-electron chi connectivity index (χ3n) is 4.61. The molecule has 2 aromatic rings. The summed E-state index contributed by atoms with van der Waals surface area (Å²) in [6, 6.07) is 15.8. The van der Waals surface area contributed by atoms with Crippen LogP contribution < -0.4 is 4.74 Å². The molecule has 1 heterocycles. The van der Waals surface area contributed by atoms with E-state index in [4.69, 9.17) is 9.47 Å². The van der Waals surface area contributed by atoms with Gasteiger partial charge in [0.2, 0.25) is 0 Å². The summed E-state index contributed by atoms with van der Waals surface area (Å²) in [4.78, 5) is 14.7. The summed E-state index contributed by atoms with van der Waals surface area (Å²) in [6.07, 6.45) is 2.02. The van der Waals surface area contributed by atoms with Crippen LogP contribution in [0.5, 0.6) is 5.75 Å². The SMILES string of the molecule is COc1ccccc1C(=O)N1CCCC(OCc2ccc(C)cc2)C1. The maximum atomic E-state index is 12.8. The van der Waals surface area contributed by atoms with Crippen LogP contribution in [-0.4, -0.2) is 37.1 Å². The van der Waals surface area contributed by atoms with Crippen molar-refractivity contribution in [3.63, 3.8) is 0 Å². The number of para-hydroxylation sites is 1. The smallest absolute Gasteiger partial charge is 0.257 e. The van der Waals surface area contributed by atoms with Crippen LogP contribution in [0.4, 0.5) is 0 Å². The lowest BCUT2D eigenvalue weighted by Crippen LogP contribution is -2.43. The van der Waals surface area contributed by atoms with Crippen molar-refractivity contribution in [3.05, 3.63) is 65.2 Å². The van der Waals surface area contributed by atoms with E-state index in [2.05, 4.69) is 31.2 Å². The van der Waals surface area contributed by atoms with Crippen molar-refractivity contribution in [2.45, 2.75) is 32.5 Å². The quantitative estimate of drug-likeness (QED) is 0.831. The van der Waals surface area contributed by atoms with Crippen molar-refractivity contribution >= 4 is 5.91 Å². The zero-order valence-electron chi connectivity index (χ0n) is 14.9. The summed E-state index contributed by atoms with van der Waals surface area (Å²) < 4.78 is 11.4. The lowest BCUT2D eigenvalue weighted by Gasteiger charge is -2.33. The third-order valence-corrected chi connectivity index (χ3v) is 4.61. The molecule has 1 fully saturated rings. The number of amides is 1. The van der Waals surface area contributed by atoms with Gasteiger partial charge in [0.1, 0.15) is 5.75 Å². The van der Waals surface area contributed by atoms with E-state index in [1.165, 1.54) is 11.1 Å². The standard InChI is InChI=1S/C21H25NO3/c1-16-9-11-17(12-10-16)15-25-18-6-5-13-22(14-18)21(23)19-7-3-4-8-20(19)24-2/h3-4,7-12,18H,5-6,13-15H2,1-2H3. The number of aryl methyl sites for hydroxylation is 1. The van der Waals surface area contributed by atoms with Crippen molar-refractivity contribution in [1.29, 1.82) is 0 Å². The summed E-state index contributed by atoms with van der Waals surface area (Å²) in [5.41, 5.74) is 3.03. The van der Waals surface area contributed by atoms with Gasteiger partial charge < -0.3 is 14.4 Å². The molecule has 132 valence electrons. The molecule has 0 radical (unpaired) electrons. The number of carbonyl (C=O) groups is 1. The van der Waals surface area contributed by atoms with E-state index in [0.717, 1.165) is 19.4 Å². The summed E-state index contributed by atoms with van der Waals surface area (Å²) in [5.74, 6) is 0.635. The molecule has 0 aromatic heterocycles. The zero-order valence-corrected chi connectivity index (χ0v) is 14.9. The summed E-state index contributed by atoms with van der Waals surface area (Å²) >= 11 is 0. The highest BCUT2D eigenvalue weighted by Crippen LogP contribution is 2.22. The molecule has 0 aliphatic carbocycles. The van der Waals surface area contributed by atoms with Crippen molar-refractivity contribution in [2.24, 2.45) is 0 Å². The molecule has 0 N–H and O–H groups in total. The minimum atomic E-state index is 0.0149.